The van der Waals surface area contributed by atoms with Crippen LogP contribution in [-0.2, 0) is 32.7 Å². The molecular formula is C34H59O10P. The monoisotopic (exact) mass is 658 g/mol. The SMILES string of the molecule is CC/C=C\C/C=C\C/C=C\C/C=C\CCCCCCC(=O)OC(CO)COP(=O)(O)OCC(CO)OC(=O)CCCCCCC. The number of carbonyl (C=O) groups excluding carboxylic acids is 2. The molecule has 3 atom stereocenters. The lowest BCUT2D eigenvalue weighted by atomic mass is 10.1. The van der Waals surface area contributed by atoms with Gasteiger partial charge in [0.2, 0.25) is 0 Å². The third kappa shape index (κ3) is 29.1. The number of aliphatic hydroxyl groups excluding tert-OH is 2. The number of ether oxygens (including phenoxy) is 2. The number of hydrogen-bond acceptors (Lipinski definition) is 9. The van der Waals surface area contributed by atoms with E-state index in [9.17, 15) is 29.3 Å². The minimum Gasteiger partial charge on any atom is -0.457 e. The zero-order valence-electron chi connectivity index (χ0n) is 27.6. The van der Waals surface area contributed by atoms with Gasteiger partial charge in [0.05, 0.1) is 26.4 Å². The molecule has 0 aliphatic rings. The molecule has 0 saturated carbocycles. The Bertz CT molecular complexity index is 899. The zero-order valence-corrected chi connectivity index (χ0v) is 28.5. The average molecular weight is 659 g/mol. The highest BCUT2D eigenvalue weighted by molar-refractivity contribution is 7.47. The predicted molar refractivity (Wildman–Crippen MR) is 177 cm³/mol. The number of phosphoric ester groups is 1. The Morgan fingerprint density at radius 3 is 1.49 bits per heavy atom. The van der Waals surface area contributed by atoms with Crippen molar-refractivity contribution in [3.05, 3.63) is 48.6 Å². The second-order valence-electron chi connectivity index (χ2n) is 10.8. The number of unbranched alkanes of at least 4 members (excludes halogenated alkanes) is 8. The van der Waals surface area contributed by atoms with E-state index >= 15 is 0 Å². The Labute approximate surface area is 271 Å². The van der Waals surface area contributed by atoms with E-state index in [4.69, 9.17) is 18.5 Å². The summed E-state index contributed by atoms with van der Waals surface area (Å²) < 4.78 is 32.1. The van der Waals surface area contributed by atoms with E-state index in [-0.39, 0.29) is 12.8 Å². The van der Waals surface area contributed by atoms with Crippen LogP contribution in [0.25, 0.3) is 0 Å². The Hall–Kier alpha value is -2.07. The number of esters is 2. The standard InChI is InChI=1S/C34H59O10P/c1-3-5-7-9-10-11-12-13-14-15-16-17-18-19-20-22-24-26-34(38)44-32(28-36)30-42-45(39,40)41-29-31(27-35)43-33(37)25-23-21-8-6-4-2/h5,7,10-11,13-14,16-17,31-32,35-36H,3-4,6,8-9,12,15,18-30H2,1-2H3,(H,39,40)/b7-5-,11-10-,14-13-,17-16-. The van der Waals surface area contributed by atoms with E-state index in [1.807, 2.05) is 0 Å². The molecule has 11 heteroatoms. The topological polar surface area (TPSA) is 149 Å². The largest absolute Gasteiger partial charge is 0.472 e. The fourth-order valence-corrected chi connectivity index (χ4v) is 4.77. The summed E-state index contributed by atoms with van der Waals surface area (Å²) in [5, 5.41) is 18.9. The van der Waals surface area contributed by atoms with Gasteiger partial charge in [-0.25, -0.2) is 4.57 Å². The van der Waals surface area contributed by atoms with Gasteiger partial charge < -0.3 is 24.6 Å². The lowest BCUT2D eigenvalue weighted by Gasteiger charge is -2.20. The first-order valence-electron chi connectivity index (χ1n) is 16.6. The Morgan fingerprint density at radius 1 is 0.622 bits per heavy atom. The van der Waals surface area contributed by atoms with Crippen molar-refractivity contribution in [2.45, 2.75) is 129 Å². The first kappa shape index (κ1) is 42.9. The lowest BCUT2D eigenvalue weighted by Crippen LogP contribution is -2.28. The maximum absolute atomic E-state index is 12.2. The van der Waals surface area contributed by atoms with Gasteiger partial charge in [0.1, 0.15) is 12.2 Å². The fourth-order valence-electron chi connectivity index (χ4n) is 3.99. The lowest BCUT2D eigenvalue weighted by molar-refractivity contribution is -0.153. The van der Waals surface area contributed by atoms with Crippen molar-refractivity contribution < 1.29 is 47.8 Å². The van der Waals surface area contributed by atoms with Gasteiger partial charge in [0, 0.05) is 12.8 Å². The summed E-state index contributed by atoms with van der Waals surface area (Å²) in [4.78, 5) is 34.0. The third-order valence-corrected chi connectivity index (χ3v) is 7.51. The van der Waals surface area contributed by atoms with Crippen molar-refractivity contribution in [2.75, 3.05) is 26.4 Å². The van der Waals surface area contributed by atoms with Crippen molar-refractivity contribution in [2.24, 2.45) is 0 Å². The molecule has 0 aromatic rings. The molecule has 45 heavy (non-hydrogen) atoms. The fraction of sp³-hybridized carbons (Fsp3) is 0.706. The first-order chi connectivity index (χ1) is 21.8. The Kier molecular flexibility index (Phi) is 29.2. The van der Waals surface area contributed by atoms with Crippen LogP contribution in [0, 0.1) is 0 Å². The normalized spacial score (nSPS) is 14.9. The van der Waals surface area contributed by atoms with Gasteiger partial charge in [-0.3, -0.25) is 18.6 Å². The summed E-state index contributed by atoms with van der Waals surface area (Å²) >= 11 is 0. The molecule has 0 spiro atoms. The van der Waals surface area contributed by atoms with E-state index in [2.05, 4.69) is 62.5 Å². The molecule has 3 N–H and O–H groups in total. The van der Waals surface area contributed by atoms with Gasteiger partial charge in [-0.1, -0.05) is 101 Å². The summed E-state index contributed by atoms with van der Waals surface area (Å²) in [6.07, 6.45) is 28.6. The number of rotatable bonds is 30. The summed E-state index contributed by atoms with van der Waals surface area (Å²) in [5.74, 6) is -1.06. The van der Waals surface area contributed by atoms with Crippen molar-refractivity contribution in [1.82, 2.24) is 0 Å². The molecule has 0 aromatic heterocycles. The van der Waals surface area contributed by atoms with E-state index in [0.29, 0.717) is 12.8 Å². The summed E-state index contributed by atoms with van der Waals surface area (Å²) in [6, 6.07) is 0. The maximum Gasteiger partial charge on any atom is 0.472 e. The van der Waals surface area contributed by atoms with Gasteiger partial charge in [-0.05, 0) is 51.4 Å². The molecule has 0 aromatic carbocycles. The van der Waals surface area contributed by atoms with Crippen LogP contribution in [0.5, 0.6) is 0 Å². The van der Waals surface area contributed by atoms with Crippen molar-refractivity contribution in [3.63, 3.8) is 0 Å². The van der Waals surface area contributed by atoms with E-state index in [0.717, 1.165) is 77.0 Å². The van der Waals surface area contributed by atoms with Crippen LogP contribution in [0.4, 0.5) is 0 Å². The van der Waals surface area contributed by atoms with Gasteiger partial charge >= 0.3 is 19.8 Å². The van der Waals surface area contributed by atoms with Crippen LogP contribution in [-0.4, -0.2) is 65.7 Å². The van der Waals surface area contributed by atoms with Crippen LogP contribution in [0.2, 0.25) is 0 Å². The smallest absolute Gasteiger partial charge is 0.457 e. The van der Waals surface area contributed by atoms with Gasteiger partial charge in [-0.15, -0.1) is 0 Å². The quantitative estimate of drug-likeness (QED) is 0.0308. The second-order valence-corrected chi connectivity index (χ2v) is 12.2. The molecule has 0 saturated heterocycles. The average Bonchev–Trinajstić information content (AvgIpc) is 3.02. The number of aliphatic hydroxyl groups is 2. The molecule has 0 radical (unpaired) electrons. The number of hydrogen-bond donors (Lipinski definition) is 3. The highest BCUT2D eigenvalue weighted by atomic mass is 31.2. The molecule has 0 aliphatic heterocycles. The molecule has 0 fully saturated rings. The van der Waals surface area contributed by atoms with Crippen LogP contribution < -0.4 is 0 Å². The minimum atomic E-state index is -4.62. The molecule has 260 valence electrons. The van der Waals surface area contributed by atoms with Crippen LogP contribution in [0.15, 0.2) is 48.6 Å². The van der Waals surface area contributed by atoms with E-state index < -0.39 is 58.4 Å². The molecule has 0 amide bonds. The van der Waals surface area contributed by atoms with Gasteiger partial charge in [-0.2, -0.15) is 0 Å². The van der Waals surface area contributed by atoms with Gasteiger partial charge in [0.15, 0.2) is 0 Å². The summed E-state index contributed by atoms with van der Waals surface area (Å²) in [6.45, 7) is 1.91. The first-order valence-corrected chi connectivity index (χ1v) is 18.1. The Balaban J connectivity index is 4.04. The highest BCUT2D eigenvalue weighted by Gasteiger charge is 2.27. The van der Waals surface area contributed by atoms with E-state index in [1.54, 1.807) is 0 Å². The number of carbonyl (C=O) groups is 2. The Morgan fingerprint density at radius 2 is 1.04 bits per heavy atom. The third-order valence-electron chi connectivity index (χ3n) is 6.56. The molecule has 10 nitrogen and oxygen atoms in total. The molecule has 3 unspecified atom stereocenters. The molecule has 0 rings (SSSR count). The van der Waals surface area contributed by atoms with Crippen LogP contribution in [0.1, 0.15) is 117 Å². The van der Waals surface area contributed by atoms with Crippen molar-refractivity contribution in [3.8, 4) is 0 Å². The molecule has 0 bridgehead atoms. The van der Waals surface area contributed by atoms with Crippen LogP contribution in [0.3, 0.4) is 0 Å². The van der Waals surface area contributed by atoms with E-state index in [1.165, 1.54) is 0 Å². The molecule has 0 aliphatic carbocycles. The summed E-state index contributed by atoms with van der Waals surface area (Å²) in [5.41, 5.74) is 0. The molecular weight excluding hydrogens is 599 g/mol. The second kappa shape index (κ2) is 30.6. The van der Waals surface area contributed by atoms with Crippen LogP contribution >= 0.6 is 7.82 Å². The minimum absolute atomic E-state index is 0.163. The number of allylic oxidation sites excluding steroid dienone is 8. The highest BCUT2D eigenvalue weighted by Crippen LogP contribution is 2.43. The van der Waals surface area contributed by atoms with Crippen molar-refractivity contribution in [1.29, 1.82) is 0 Å². The summed E-state index contributed by atoms with van der Waals surface area (Å²) in [7, 11) is -4.62. The predicted octanol–water partition coefficient (Wildman–Crippen LogP) is 7.43. The zero-order chi connectivity index (χ0) is 33.4. The molecule has 0 heterocycles. The maximum atomic E-state index is 12.2. The van der Waals surface area contributed by atoms with Crippen molar-refractivity contribution >= 4 is 19.8 Å². The van der Waals surface area contributed by atoms with Gasteiger partial charge in [0.25, 0.3) is 0 Å². The number of phosphoric acid groups is 1.